The minimum absolute atomic E-state index is 0.534. The van der Waals surface area contributed by atoms with Gasteiger partial charge in [0.2, 0.25) is 0 Å². The fourth-order valence-electron chi connectivity index (χ4n) is 2.77. The SMILES string of the molecule is CCCNC(CC)COC1CCCCC1CC. The zero-order valence-electron chi connectivity index (χ0n) is 12.0. The molecular weight excluding hydrogens is 210 g/mol. The summed E-state index contributed by atoms with van der Waals surface area (Å²) >= 11 is 0. The highest BCUT2D eigenvalue weighted by Crippen LogP contribution is 2.29. The van der Waals surface area contributed by atoms with Crippen LogP contribution < -0.4 is 5.32 Å². The van der Waals surface area contributed by atoms with Crippen LogP contribution in [0.3, 0.4) is 0 Å². The van der Waals surface area contributed by atoms with Crippen LogP contribution in [0.25, 0.3) is 0 Å². The molecule has 0 spiro atoms. The summed E-state index contributed by atoms with van der Waals surface area (Å²) in [6, 6.07) is 0.550. The molecule has 0 aromatic heterocycles. The molecule has 1 fully saturated rings. The summed E-state index contributed by atoms with van der Waals surface area (Å²) in [4.78, 5) is 0. The van der Waals surface area contributed by atoms with E-state index in [0.29, 0.717) is 12.1 Å². The van der Waals surface area contributed by atoms with Crippen LogP contribution in [-0.2, 0) is 4.74 Å². The molecular formula is C15H31NO. The molecule has 0 aromatic carbocycles. The Hall–Kier alpha value is -0.0800. The highest BCUT2D eigenvalue weighted by molar-refractivity contribution is 4.76. The second kappa shape index (κ2) is 8.93. The second-order valence-electron chi connectivity index (χ2n) is 5.38. The van der Waals surface area contributed by atoms with E-state index in [1.807, 2.05) is 0 Å². The largest absolute Gasteiger partial charge is 0.376 e. The Balaban J connectivity index is 2.26. The first kappa shape index (κ1) is 15.0. The van der Waals surface area contributed by atoms with Gasteiger partial charge in [-0.25, -0.2) is 0 Å². The second-order valence-corrected chi connectivity index (χ2v) is 5.38. The third-order valence-corrected chi connectivity index (χ3v) is 4.05. The third kappa shape index (κ3) is 5.39. The minimum Gasteiger partial charge on any atom is -0.376 e. The molecule has 102 valence electrons. The van der Waals surface area contributed by atoms with Crippen molar-refractivity contribution in [3.05, 3.63) is 0 Å². The van der Waals surface area contributed by atoms with Crippen molar-refractivity contribution >= 4 is 0 Å². The van der Waals surface area contributed by atoms with E-state index in [1.165, 1.54) is 44.9 Å². The van der Waals surface area contributed by atoms with E-state index in [2.05, 4.69) is 26.1 Å². The Labute approximate surface area is 108 Å². The van der Waals surface area contributed by atoms with E-state index in [0.717, 1.165) is 19.1 Å². The number of hydrogen-bond acceptors (Lipinski definition) is 2. The van der Waals surface area contributed by atoms with Gasteiger partial charge >= 0.3 is 0 Å². The number of ether oxygens (including phenoxy) is 1. The van der Waals surface area contributed by atoms with Crippen molar-refractivity contribution < 1.29 is 4.74 Å². The maximum Gasteiger partial charge on any atom is 0.0623 e. The monoisotopic (exact) mass is 241 g/mol. The van der Waals surface area contributed by atoms with Crippen LogP contribution in [0, 0.1) is 5.92 Å². The van der Waals surface area contributed by atoms with Crippen LogP contribution in [0.15, 0.2) is 0 Å². The fraction of sp³-hybridized carbons (Fsp3) is 1.00. The lowest BCUT2D eigenvalue weighted by molar-refractivity contribution is -0.0217. The van der Waals surface area contributed by atoms with E-state index >= 15 is 0 Å². The molecule has 1 aliphatic carbocycles. The van der Waals surface area contributed by atoms with Crippen LogP contribution in [-0.4, -0.2) is 25.3 Å². The van der Waals surface area contributed by atoms with Crippen molar-refractivity contribution in [2.24, 2.45) is 5.92 Å². The van der Waals surface area contributed by atoms with Gasteiger partial charge in [-0.2, -0.15) is 0 Å². The minimum atomic E-state index is 0.534. The van der Waals surface area contributed by atoms with Crippen molar-refractivity contribution in [3.63, 3.8) is 0 Å². The van der Waals surface area contributed by atoms with Crippen molar-refractivity contribution in [2.75, 3.05) is 13.2 Å². The fourth-order valence-corrected chi connectivity index (χ4v) is 2.77. The highest BCUT2D eigenvalue weighted by Gasteiger charge is 2.24. The Morgan fingerprint density at radius 3 is 2.59 bits per heavy atom. The first-order valence-corrected chi connectivity index (χ1v) is 7.66. The summed E-state index contributed by atoms with van der Waals surface area (Å²) in [5.41, 5.74) is 0. The Morgan fingerprint density at radius 2 is 1.94 bits per heavy atom. The van der Waals surface area contributed by atoms with Crippen molar-refractivity contribution in [3.8, 4) is 0 Å². The lowest BCUT2D eigenvalue weighted by atomic mass is 9.85. The smallest absolute Gasteiger partial charge is 0.0623 e. The van der Waals surface area contributed by atoms with E-state index < -0.39 is 0 Å². The molecule has 0 aromatic rings. The molecule has 0 bridgehead atoms. The third-order valence-electron chi connectivity index (χ3n) is 4.05. The molecule has 0 amide bonds. The molecule has 0 aliphatic heterocycles. The van der Waals surface area contributed by atoms with Gasteiger partial charge in [-0.15, -0.1) is 0 Å². The van der Waals surface area contributed by atoms with E-state index in [9.17, 15) is 0 Å². The van der Waals surface area contributed by atoms with Gasteiger partial charge in [-0.05, 0) is 38.1 Å². The highest BCUT2D eigenvalue weighted by atomic mass is 16.5. The lowest BCUT2D eigenvalue weighted by Gasteiger charge is -2.32. The maximum absolute atomic E-state index is 6.17. The van der Waals surface area contributed by atoms with Gasteiger partial charge in [0.05, 0.1) is 12.7 Å². The molecule has 1 rings (SSSR count). The summed E-state index contributed by atoms with van der Waals surface area (Å²) in [6.07, 6.45) is 9.61. The molecule has 0 heterocycles. The molecule has 0 radical (unpaired) electrons. The normalized spacial score (nSPS) is 27.0. The molecule has 1 N–H and O–H groups in total. The number of hydrogen-bond donors (Lipinski definition) is 1. The summed E-state index contributed by atoms with van der Waals surface area (Å²) in [5.74, 6) is 0.812. The summed E-state index contributed by atoms with van der Waals surface area (Å²) in [6.45, 7) is 8.78. The predicted molar refractivity (Wildman–Crippen MR) is 74.4 cm³/mol. The standard InChI is InChI=1S/C15H31NO/c1-4-11-16-14(6-3)12-17-15-10-8-7-9-13(15)5-2/h13-16H,4-12H2,1-3H3. The van der Waals surface area contributed by atoms with Gasteiger partial charge in [0, 0.05) is 6.04 Å². The molecule has 3 unspecified atom stereocenters. The number of nitrogens with one attached hydrogen (secondary N) is 1. The van der Waals surface area contributed by atoms with Crippen LogP contribution in [0.2, 0.25) is 0 Å². The van der Waals surface area contributed by atoms with E-state index in [1.54, 1.807) is 0 Å². The van der Waals surface area contributed by atoms with Gasteiger partial charge in [-0.3, -0.25) is 0 Å². The molecule has 17 heavy (non-hydrogen) atoms. The first-order valence-electron chi connectivity index (χ1n) is 7.66. The quantitative estimate of drug-likeness (QED) is 0.699. The average molecular weight is 241 g/mol. The average Bonchev–Trinajstić information content (AvgIpc) is 2.39. The van der Waals surface area contributed by atoms with Crippen molar-refractivity contribution in [1.82, 2.24) is 5.32 Å². The van der Waals surface area contributed by atoms with Gasteiger partial charge in [0.1, 0.15) is 0 Å². The number of rotatable bonds is 8. The molecule has 2 nitrogen and oxygen atoms in total. The summed E-state index contributed by atoms with van der Waals surface area (Å²) < 4.78 is 6.17. The lowest BCUT2D eigenvalue weighted by Crippen LogP contribution is -2.37. The molecule has 1 saturated carbocycles. The van der Waals surface area contributed by atoms with Crippen molar-refractivity contribution in [2.45, 2.75) is 77.9 Å². The molecule has 2 heteroatoms. The van der Waals surface area contributed by atoms with Crippen molar-refractivity contribution in [1.29, 1.82) is 0 Å². The van der Waals surface area contributed by atoms with Gasteiger partial charge < -0.3 is 10.1 Å². The van der Waals surface area contributed by atoms with Gasteiger partial charge in [0.25, 0.3) is 0 Å². The van der Waals surface area contributed by atoms with Crippen LogP contribution in [0.5, 0.6) is 0 Å². The van der Waals surface area contributed by atoms with Crippen LogP contribution in [0.1, 0.15) is 65.7 Å². The molecule has 0 saturated heterocycles. The van der Waals surface area contributed by atoms with Gasteiger partial charge in [-0.1, -0.05) is 40.0 Å². The predicted octanol–water partition coefficient (Wildman–Crippen LogP) is 3.75. The van der Waals surface area contributed by atoms with Crippen LogP contribution in [0.4, 0.5) is 0 Å². The summed E-state index contributed by atoms with van der Waals surface area (Å²) in [7, 11) is 0. The Morgan fingerprint density at radius 1 is 1.18 bits per heavy atom. The molecule has 3 atom stereocenters. The molecule has 1 aliphatic rings. The zero-order valence-corrected chi connectivity index (χ0v) is 12.0. The first-order chi connectivity index (χ1) is 8.31. The topological polar surface area (TPSA) is 21.3 Å². The Kier molecular flexibility index (Phi) is 7.87. The summed E-state index contributed by atoms with van der Waals surface area (Å²) in [5, 5.41) is 3.57. The van der Waals surface area contributed by atoms with E-state index in [-0.39, 0.29) is 0 Å². The van der Waals surface area contributed by atoms with E-state index in [4.69, 9.17) is 4.74 Å². The van der Waals surface area contributed by atoms with Crippen LogP contribution >= 0.6 is 0 Å². The maximum atomic E-state index is 6.17. The Bertz CT molecular complexity index is 184. The zero-order chi connectivity index (χ0) is 12.5. The van der Waals surface area contributed by atoms with Gasteiger partial charge in [0.15, 0.2) is 0 Å².